The predicted octanol–water partition coefficient (Wildman–Crippen LogP) is 3.84. The molecule has 2 aromatic heterocycles. The highest BCUT2D eigenvalue weighted by Crippen LogP contribution is 2.44. The highest BCUT2D eigenvalue weighted by Gasteiger charge is 2.33. The zero-order valence-electron chi connectivity index (χ0n) is 11.3. The summed E-state index contributed by atoms with van der Waals surface area (Å²) in [6.45, 7) is 0. The number of carbonyl (C=O) groups excluding carboxylic acids is 1. The minimum absolute atomic E-state index is 0.0454. The fourth-order valence-electron chi connectivity index (χ4n) is 2.47. The van der Waals surface area contributed by atoms with Crippen molar-refractivity contribution < 1.29 is 14.7 Å². The summed E-state index contributed by atoms with van der Waals surface area (Å²) in [5, 5.41) is 12.5. The number of benzene rings is 1. The van der Waals surface area contributed by atoms with Crippen LogP contribution in [0.4, 0.5) is 22.0 Å². The average Bonchev–Trinajstić information content (AvgIpc) is 2.88. The lowest BCUT2D eigenvalue weighted by Crippen LogP contribution is -2.34. The van der Waals surface area contributed by atoms with Crippen LogP contribution in [-0.4, -0.2) is 27.1 Å². The van der Waals surface area contributed by atoms with Gasteiger partial charge in [0.1, 0.15) is 16.0 Å². The lowest BCUT2D eigenvalue weighted by atomic mass is 10.2. The van der Waals surface area contributed by atoms with Crippen molar-refractivity contribution in [2.24, 2.45) is 0 Å². The average molecular weight is 391 g/mol. The van der Waals surface area contributed by atoms with Gasteiger partial charge in [-0.1, -0.05) is 22.0 Å². The first-order valence-corrected chi connectivity index (χ1v) is 8.04. The van der Waals surface area contributed by atoms with Crippen LogP contribution >= 0.6 is 27.3 Å². The Morgan fingerprint density at radius 1 is 1.35 bits per heavy atom. The molecule has 1 aromatic carbocycles. The van der Waals surface area contributed by atoms with E-state index < -0.39 is 12.0 Å². The molecule has 0 bridgehead atoms. The van der Waals surface area contributed by atoms with Gasteiger partial charge in [0, 0.05) is 4.47 Å². The molecule has 1 aliphatic rings. The zero-order chi connectivity index (χ0) is 16.1. The van der Waals surface area contributed by atoms with E-state index >= 15 is 0 Å². The molecule has 0 aliphatic carbocycles. The Morgan fingerprint density at radius 2 is 2.17 bits per heavy atom. The number of urea groups is 1. The molecule has 7 nitrogen and oxygen atoms in total. The maximum Gasteiger partial charge on any atom is 0.348 e. The number of aromatic carboxylic acids is 1. The third kappa shape index (κ3) is 2.08. The Morgan fingerprint density at radius 3 is 2.91 bits per heavy atom. The van der Waals surface area contributed by atoms with Crippen molar-refractivity contribution in [1.82, 2.24) is 9.97 Å². The van der Waals surface area contributed by atoms with Gasteiger partial charge in [0.25, 0.3) is 0 Å². The highest BCUT2D eigenvalue weighted by atomic mass is 79.9. The van der Waals surface area contributed by atoms with Crippen LogP contribution in [0, 0.1) is 0 Å². The van der Waals surface area contributed by atoms with Crippen LogP contribution < -0.4 is 10.2 Å². The summed E-state index contributed by atoms with van der Waals surface area (Å²) in [7, 11) is 0. The molecule has 0 atom stereocenters. The van der Waals surface area contributed by atoms with Crippen LogP contribution in [0.3, 0.4) is 0 Å². The number of rotatable bonds is 2. The van der Waals surface area contributed by atoms with E-state index in [-0.39, 0.29) is 10.6 Å². The number of halogens is 1. The molecule has 0 radical (unpaired) electrons. The molecule has 0 saturated carbocycles. The third-order valence-corrected chi connectivity index (χ3v) is 4.95. The molecular weight excluding hydrogens is 384 g/mol. The Labute approximate surface area is 141 Å². The highest BCUT2D eigenvalue weighted by molar-refractivity contribution is 9.10. The minimum atomic E-state index is -1.11. The van der Waals surface area contributed by atoms with Crippen molar-refractivity contribution in [2.75, 3.05) is 10.2 Å². The number of anilines is 3. The first-order chi connectivity index (χ1) is 11.1. The fourth-order valence-corrected chi connectivity index (χ4v) is 3.79. The number of carbonyl (C=O) groups is 2. The van der Waals surface area contributed by atoms with Crippen LogP contribution in [0.1, 0.15) is 9.67 Å². The van der Waals surface area contributed by atoms with E-state index in [1.54, 1.807) is 18.2 Å². The Balaban J connectivity index is 2.01. The number of hydrogen-bond acceptors (Lipinski definition) is 5. The van der Waals surface area contributed by atoms with Crippen molar-refractivity contribution in [1.29, 1.82) is 0 Å². The van der Waals surface area contributed by atoms with Crippen LogP contribution in [0.2, 0.25) is 0 Å². The van der Waals surface area contributed by atoms with Crippen molar-refractivity contribution in [3.63, 3.8) is 0 Å². The van der Waals surface area contributed by atoms with Gasteiger partial charge in [-0.3, -0.25) is 0 Å². The van der Waals surface area contributed by atoms with Gasteiger partial charge in [0.05, 0.1) is 16.8 Å². The van der Waals surface area contributed by atoms with E-state index in [1.165, 1.54) is 11.2 Å². The van der Waals surface area contributed by atoms with Gasteiger partial charge in [0.15, 0.2) is 5.82 Å². The number of nitrogens with zero attached hydrogens (tertiary/aromatic N) is 3. The van der Waals surface area contributed by atoms with E-state index in [2.05, 4.69) is 31.2 Å². The normalized spacial score (nSPS) is 13.3. The molecule has 0 spiro atoms. The minimum Gasteiger partial charge on any atom is -0.477 e. The molecule has 3 aromatic rings. The number of nitrogens with one attached hydrogen (secondary N) is 1. The molecule has 2 amide bonds. The van der Waals surface area contributed by atoms with Crippen molar-refractivity contribution >= 4 is 66.7 Å². The predicted molar refractivity (Wildman–Crippen MR) is 89.7 cm³/mol. The summed E-state index contributed by atoms with van der Waals surface area (Å²) in [4.78, 5) is 34.2. The molecule has 114 valence electrons. The maximum atomic E-state index is 12.5. The third-order valence-electron chi connectivity index (χ3n) is 3.38. The van der Waals surface area contributed by atoms with Gasteiger partial charge >= 0.3 is 12.0 Å². The standard InChI is InChI=1S/C14H7BrN4O3S/c15-6-2-1-3-7(4-6)19-11-8-9(18-14(19)22)10(13(20)21)23-12(8)17-5-16-11/h1-5H,(H,18,22)(H,20,21). The summed E-state index contributed by atoms with van der Waals surface area (Å²) in [6, 6.07) is 6.74. The van der Waals surface area contributed by atoms with Gasteiger partial charge in [-0.15, -0.1) is 11.3 Å². The Hall–Kier alpha value is -2.52. The largest absolute Gasteiger partial charge is 0.477 e. The van der Waals surface area contributed by atoms with Gasteiger partial charge < -0.3 is 10.4 Å². The Kier molecular flexibility index (Phi) is 3.06. The molecule has 0 saturated heterocycles. The van der Waals surface area contributed by atoms with Gasteiger partial charge in [0.2, 0.25) is 0 Å². The number of thiophene rings is 1. The molecular formula is C14H7BrN4O3S. The molecule has 4 rings (SSSR count). The number of aromatic nitrogens is 2. The summed E-state index contributed by atoms with van der Waals surface area (Å²) < 4.78 is 0.815. The monoisotopic (exact) mass is 390 g/mol. The maximum absolute atomic E-state index is 12.5. The lowest BCUT2D eigenvalue weighted by Gasteiger charge is -2.27. The second-order valence-electron chi connectivity index (χ2n) is 4.73. The molecule has 1 aliphatic heterocycles. The number of carboxylic acids is 1. The van der Waals surface area contributed by atoms with Crippen molar-refractivity contribution in [2.45, 2.75) is 0 Å². The van der Waals surface area contributed by atoms with Crippen LogP contribution in [0.5, 0.6) is 0 Å². The lowest BCUT2D eigenvalue weighted by molar-refractivity contribution is 0.0703. The van der Waals surface area contributed by atoms with E-state index in [9.17, 15) is 14.7 Å². The summed E-state index contributed by atoms with van der Waals surface area (Å²) >= 11 is 4.39. The number of amides is 2. The molecule has 23 heavy (non-hydrogen) atoms. The van der Waals surface area contributed by atoms with Gasteiger partial charge in [-0.05, 0) is 18.2 Å². The molecule has 3 heterocycles. The second-order valence-corrected chi connectivity index (χ2v) is 6.65. The topological polar surface area (TPSA) is 95.4 Å². The summed E-state index contributed by atoms with van der Waals surface area (Å²) in [5.41, 5.74) is 0.870. The number of hydrogen-bond donors (Lipinski definition) is 2. The molecule has 2 N–H and O–H groups in total. The van der Waals surface area contributed by atoms with Gasteiger partial charge in [-0.25, -0.2) is 24.5 Å². The van der Waals surface area contributed by atoms with Crippen LogP contribution in [0.25, 0.3) is 10.2 Å². The quantitative estimate of drug-likeness (QED) is 0.692. The molecule has 9 heteroatoms. The van der Waals surface area contributed by atoms with Crippen molar-refractivity contribution in [3.8, 4) is 0 Å². The zero-order valence-corrected chi connectivity index (χ0v) is 13.7. The van der Waals surface area contributed by atoms with E-state index in [1.807, 2.05) is 6.07 Å². The molecule has 0 fully saturated rings. The second kappa shape index (κ2) is 5.00. The van der Waals surface area contributed by atoms with E-state index in [0.29, 0.717) is 21.7 Å². The Bertz CT molecular complexity index is 987. The number of carboxylic acid groups (broad SMARTS) is 1. The smallest absolute Gasteiger partial charge is 0.348 e. The van der Waals surface area contributed by atoms with Crippen LogP contribution in [-0.2, 0) is 0 Å². The van der Waals surface area contributed by atoms with Crippen molar-refractivity contribution in [3.05, 3.63) is 39.9 Å². The molecule has 0 unspecified atom stereocenters. The fraction of sp³-hybridized carbons (Fsp3) is 0. The van der Waals surface area contributed by atoms with E-state index in [0.717, 1.165) is 15.8 Å². The van der Waals surface area contributed by atoms with E-state index in [4.69, 9.17) is 0 Å². The van der Waals surface area contributed by atoms with Crippen LogP contribution in [0.15, 0.2) is 35.1 Å². The first-order valence-electron chi connectivity index (χ1n) is 6.43. The van der Waals surface area contributed by atoms with Gasteiger partial charge in [-0.2, -0.15) is 0 Å². The first kappa shape index (κ1) is 14.1. The summed E-state index contributed by atoms with van der Waals surface area (Å²) in [6.07, 6.45) is 1.33. The SMILES string of the molecule is O=C(O)c1sc2ncnc3c2c1NC(=O)N3c1cccc(Br)c1. The summed E-state index contributed by atoms with van der Waals surface area (Å²) in [5.74, 6) is -0.735.